The van der Waals surface area contributed by atoms with Gasteiger partial charge in [0, 0.05) is 12.0 Å². The average Bonchev–Trinajstić information content (AvgIpc) is 2.46. The lowest BCUT2D eigenvalue weighted by atomic mass is 10.0. The molecule has 0 N–H and O–H groups in total. The van der Waals surface area contributed by atoms with Gasteiger partial charge in [0.1, 0.15) is 0 Å². The fraction of sp³-hybridized carbons (Fsp3) is 0.235. The molecule has 0 bridgehead atoms. The fourth-order valence-corrected chi connectivity index (χ4v) is 1.97. The van der Waals surface area contributed by atoms with Crippen molar-refractivity contribution in [1.29, 1.82) is 0 Å². The van der Waals surface area contributed by atoms with E-state index < -0.39 is 0 Å². The number of carbonyl (C=O) groups is 1. The summed E-state index contributed by atoms with van der Waals surface area (Å²) in [5.41, 5.74) is 3.31. The summed E-state index contributed by atoms with van der Waals surface area (Å²) in [5.74, 6) is 0.224. The maximum atomic E-state index is 12.0. The summed E-state index contributed by atoms with van der Waals surface area (Å²) in [6.45, 7) is 2.12. The van der Waals surface area contributed by atoms with E-state index in [9.17, 15) is 4.79 Å². The second-order valence-electron chi connectivity index (χ2n) is 4.46. The lowest BCUT2D eigenvalue weighted by molar-refractivity contribution is 0.0983. The first-order valence-electron chi connectivity index (χ1n) is 6.45. The number of Topliss-reactive ketones (excluding diaryl/α,β-unsaturated/α-hetero) is 1. The van der Waals surface area contributed by atoms with Crippen molar-refractivity contribution in [1.82, 2.24) is 0 Å². The lowest BCUT2D eigenvalue weighted by Crippen LogP contribution is -2.01. The molecule has 1 nitrogen and oxygen atoms in total. The Labute approximate surface area is 108 Å². The lowest BCUT2D eigenvalue weighted by Gasteiger charge is -2.03. The van der Waals surface area contributed by atoms with E-state index in [-0.39, 0.29) is 5.78 Å². The Balaban J connectivity index is 1.95. The van der Waals surface area contributed by atoms with Crippen molar-refractivity contribution >= 4 is 5.78 Å². The summed E-state index contributed by atoms with van der Waals surface area (Å²) in [4.78, 5) is 12.0. The van der Waals surface area contributed by atoms with Crippen molar-refractivity contribution in [3.8, 4) is 0 Å². The Kier molecular flexibility index (Phi) is 4.30. The number of benzene rings is 2. The van der Waals surface area contributed by atoms with Crippen LogP contribution >= 0.6 is 0 Å². The normalized spacial score (nSPS) is 10.3. The molecule has 2 aromatic rings. The van der Waals surface area contributed by atoms with E-state index in [1.54, 1.807) is 0 Å². The minimum Gasteiger partial charge on any atom is -0.294 e. The Bertz CT molecular complexity index is 497. The van der Waals surface area contributed by atoms with Crippen LogP contribution in [0, 0.1) is 0 Å². The number of ketones is 1. The number of rotatable bonds is 5. The highest BCUT2D eigenvalue weighted by atomic mass is 16.1. The molecule has 0 radical (unpaired) electrons. The second-order valence-corrected chi connectivity index (χ2v) is 4.46. The summed E-state index contributed by atoms with van der Waals surface area (Å²) in [6.07, 6.45) is 2.41. The molecule has 0 aliphatic carbocycles. The monoisotopic (exact) mass is 238 g/mol. The third-order valence-corrected chi connectivity index (χ3v) is 3.17. The van der Waals surface area contributed by atoms with Crippen LogP contribution in [0.2, 0.25) is 0 Å². The van der Waals surface area contributed by atoms with E-state index in [1.807, 2.05) is 42.5 Å². The van der Waals surface area contributed by atoms with Gasteiger partial charge in [-0.25, -0.2) is 0 Å². The standard InChI is InChI=1S/C17H18O/c1-2-14-8-11-16(12-9-14)17(18)13-10-15-6-4-3-5-7-15/h3-9,11-12H,2,10,13H2,1H3. The first-order valence-corrected chi connectivity index (χ1v) is 6.45. The van der Waals surface area contributed by atoms with Crippen molar-refractivity contribution in [2.24, 2.45) is 0 Å². The molecule has 0 unspecified atom stereocenters. The average molecular weight is 238 g/mol. The van der Waals surface area contributed by atoms with Crippen LogP contribution in [0.5, 0.6) is 0 Å². The molecule has 2 aromatic carbocycles. The molecule has 0 spiro atoms. The zero-order chi connectivity index (χ0) is 12.8. The molecule has 0 saturated heterocycles. The third-order valence-electron chi connectivity index (χ3n) is 3.17. The van der Waals surface area contributed by atoms with Crippen LogP contribution in [-0.2, 0) is 12.8 Å². The summed E-state index contributed by atoms with van der Waals surface area (Å²) in [7, 11) is 0. The number of carbonyl (C=O) groups excluding carboxylic acids is 1. The molecule has 18 heavy (non-hydrogen) atoms. The van der Waals surface area contributed by atoms with Gasteiger partial charge < -0.3 is 0 Å². The van der Waals surface area contributed by atoms with Crippen LogP contribution < -0.4 is 0 Å². The van der Waals surface area contributed by atoms with Gasteiger partial charge >= 0.3 is 0 Å². The topological polar surface area (TPSA) is 17.1 Å². The SMILES string of the molecule is CCc1ccc(C(=O)CCc2ccccc2)cc1. The molecule has 0 fully saturated rings. The van der Waals surface area contributed by atoms with Crippen molar-refractivity contribution in [2.45, 2.75) is 26.2 Å². The smallest absolute Gasteiger partial charge is 0.163 e. The molecule has 1 heteroatoms. The molecule has 0 aliphatic heterocycles. The van der Waals surface area contributed by atoms with Gasteiger partial charge in [0.2, 0.25) is 0 Å². The van der Waals surface area contributed by atoms with E-state index in [1.165, 1.54) is 11.1 Å². The van der Waals surface area contributed by atoms with Gasteiger partial charge in [-0.05, 0) is 24.0 Å². The number of hydrogen-bond acceptors (Lipinski definition) is 1. The van der Waals surface area contributed by atoms with E-state index in [2.05, 4.69) is 19.1 Å². The highest BCUT2D eigenvalue weighted by Crippen LogP contribution is 2.10. The van der Waals surface area contributed by atoms with Gasteiger partial charge in [0.05, 0.1) is 0 Å². The molecule has 0 aromatic heterocycles. The van der Waals surface area contributed by atoms with Gasteiger partial charge in [-0.15, -0.1) is 0 Å². The molecule has 0 atom stereocenters. The molecule has 92 valence electrons. The maximum absolute atomic E-state index is 12.0. The van der Waals surface area contributed by atoms with E-state index in [0.717, 1.165) is 18.4 Å². The second kappa shape index (κ2) is 6.15. The molecule has 0 heterocycles. The maximum Gasteiger partial charge on any atom is 0.163 e. The van der Waals surface area contributed by atoms with Crippen molar-refractivity contribution < 1.29 is 4.79 Å². The van der Waals surface area contributed by atoms with Crippen LogP contribution in [0.1, 0.15) is 34.8 Å². The van der Waals surface area contributed by atoms with E-state index in [4.69, 9.17) is 0 Å². The van der Waals surface area contributed by atoms with Crippen molar-refractivity contribution in [2.75, 3.05) is 0 Å². The molecular formula is C17H18O. The third kappa shape index (κ3) is 3.30. The zero-order valence-corrected chi connectivity index (χ0v) is 10.7. The summed E-state index contributed by atoms with van der Waals surface area (Å²) in [5, 5.41) is 0. The van der Waals surface area contributed by atoms with Gasteiger partial charge in [0.25, 0.3) is 0 Å². The van der Waals surface area contributed by atoms with Crippen LogP contribution in [0.3, 0.4) is 0 Å². The Morgan fingerprint density at radius 1 is 0.889 bits per heavy atom. The summed E-state index contributed by atoms with van der Waals surface area (Å²) >= 11 is 0. The Morgan fingerprint density at radius 3 is 2.17 bits per heavy atom. The summed E-state index contributed by atoms with van der Waals surface area (Å²) < 4.78 is 0. The predicted octanol–water partition coefficient (Wildman–Crippen LogP) is 4.06. The predicted molar refractivity (Wildman–Crippen MR) is 74.9 cm³/mol. The minimum atomic E-state index is 0.224. The molecule has 0 aliphatic rings. The first-order chi connectivity index (χ1) is 8.79. The van der Waals surface area contributed by atoms with Crippen LogP contribution in [-0.4, -0.2) is 5.78 Å². The number of aryl methyl sites for hydroxylation is 2. The minimum absolute atomic E-state index is 0.224. The van der Waals surface area contributed by atoms with Crippen molar-refractivity contribution in [3.05, 3.63) is 71.3 Å². The molecule has 0 amide bonds. The zero-order valence-electron chi connectivity index (χ0n) is 10.7. The quantitative estimate of drug-likeness (QED) is 0.718. The van der Waals surface area contributed by atoms with E-state index in [0.29, 0.717) is 6.42 Å². The first kappa shape index (κ1) is 12.6. The fourth-order valence-electron chi connectivity index (χ4n) is 1.97. The van der Waals surface area contributed by atoms with Gasteiger partial charge in [-0.3, -0.25) is 4.79 Å². The van der Waals surface area contributed by atoms with Crippen LogP contribution in [0.25, 0.3) is 0 Å². The van der Waals surface area contributed by atoms with Crippen LogP contribution in [0.15, 0.2) is 54.6 Å². The van der Waals surface area contributed by atoms with E-state index >= 15 is 0 Å². The largest absolute Gasteiger partial charge is 0.294 e. The molecule has 0 saturated carbocycles. The Hall–Kier alpha value is -1.89. The summed E-state index contributed by atoms with van der Waals surface area (Å²) in [6, 6.07) is 18.1. The number of hydrogen-bond donors (Lipinski definition) is 0. The Morgan fingerprint density at radius 2 is 1.56 bits per heavy atom. The van der Waals surface area contributed by atoms with Gasteiger partial charge in [-0.1, -0.05) is 61.5 Å². The molecule has 2 rings (SSSR count). The van der Waals surface area contributed by atoms with Crippen LogP contribution in [0.4, 0.5) is 0 Å². The van der Waals surface area contributed by atoms with Crippen molar-refractivity contribution in [3.63, 3.8) is 0 Å². The van der Waals surface area contributed by atoms with Gasteiger partial charge in [-0.2, -0.15) is 0 Å². The highest BCUT2D eigenvalue weighted by molar-refractivity contribution is 5.96. The molecular weight excluding hydrogens is 220 g/mol. The highest BCUT2D eigenvalue weighted by Gasteiger charge is 2.05. The van der Waals surface area contributed by atoms with Gasteiger partial charge in [0.15, 0.2) is 5.78 Å².